The summed E-state index contributed by atoms with van der Waals surface area (Å²) in [7, 11) is 0. The van der Waals surface area contributed by atoms with Crippen LogP contribution in [0.1, 0.15) is 34.3 Å². The van der Waals surface area contributed by atoms with Gasteiger partial charge < -0.3 is 20.7 Å². The van der Waals surface area contributed by atoms with Gasteiger partial charge in [-0.05, 0) is 49.2 Å². The van der Waals surface area contributed by atoms with E-state index in [0.29, 0.717) is 41.3 Å². The summed E-state index contributed by atoms with van der Waals surface area (Å²) in [5, 5.41) is 12.3. The summed E-state index contributed by atoms with van der Waals surface area (Å²) in [6.07, 6.45) is 7.49. The standard InChI is InChI=1S/C27H26N8O2/c28-24(18-8-10-22(11-9-18)37-21-6-2-1-3-7-21)23-25(29)32-17-33-26(23)34-20-5-4-12-35(15-20)27(36)19-13-30-16-31-14-19/h1-3,6-11,13-14,16-17,20,28H,4-5,12,15H2,(H3,29,32,33,34). The van der Waals surface area contributed by atoms with Crippen LogP contribution in [0.25, 0.3) is 0 Å². The van der Waals surface area contributed by atoms with Gasteiger partial charge in [0, 0.05) is 37.1 Å². The van der Waals surface area contributed by atoms with E-state index >= 15 is 0 Å². The third-order valence-corrected chi connectivity index (χ3v) is 6.11. The molecule has 1 aliphatic rings. The first-order chi connectivity index (χ1) is 18.1. The molecule has 5 rings (SSSR count). The van der Waals surface area contributed by atoms with Crippen molar-refractivity contribution >= 4 is 23.3 Å². The molecule has 1 atom stereocenters. The third kappa shape index (κ3) is 5.53. The maximum atomic E-state index is 12.9. The van der Waals surface area contributed by atoms with Crippen molar-refractivity contribution in [1.82, 2.24) is 24.8 Å². The Balaban J connectivity index is 1.31. The van der Waals surface area contributed by atoms with E-state index in [4.69, 9.17) is 15.9 Å². The van der Waals surface area contributed by atoms with Crippen molar-refractivity contribution in [3.63, 3.8) is 0 Å². The lowest BCUT2D eigenvalue weighted by atomic mass is 10.0. The number of aromatic nitrogens is 4. The van der Waals surface area contributed by atoms with Crippen molar-refractivity contribution in [1.29, 1.82) is 5.41 Å². The van der Waals surface area contributed by atoms with Gasteiger partial charge in [0.2, 0.25) is 0 Å². The first kappa shape index (κ1) is 23.9. The van der Waals surface area contributed by atoms with Gasteiger partial charge in [0.25, 0.3) is 5.91 Å². The van der Waals surface area contributed by atoms with E-state index in [2.05, 4.69) is 25.3 Å². The van der Waals surface area contributed by atoms with Crippen LogP contribution in [0.3, 0.4) is 0 Å². The SMILES string of the molecule is N=C(c1ccc(Oc2ccccc2)cc1)c1c(N)ncnc1NC1CCCN(C(=O)c2cncnc2)C1. The van der Waals surface area contributed by atoms with Crippen LogP contribution >= 0.6 is 0 Å². The number of carbonyl (C=O) groups excluding carboxylic acids is 1. The predicted octanol–water partition coefficient (Wildman–Crippen LogP) is 3.77. The second-order valence-electron chi connectivity index (χ2n) is 8.66. The highest BCUT2D eigenvalue weighted by Gasteiger charge is 2.26. The Morgan fingerprint density at radius 3 is 2.46 bits per heavy atom. The van der Waals surface area contributed by atoms with Gasteiger partial charge in [-0.1, -0.05) is 18.2 Å². The molecule has 0 aliphatic carbocycles. The average molecular weight is 495 g/mol. The fourth-order valence-electron chi connectivity index (χ4n) is 4.28. The lowest BCUT2D eigenvalue weighted by Gasteiger charge is -2.33. The van der Waals surface area contributed by atoms with Crippen LogP contribution in [0.4, 0.5) is 11.6 Å². The average Bonchev–Trinajstić information content (AvgIpc) is 2.94. The van der Waals surface area contributed by atoms with Gasteiger partial charge in [0.1, 0.15) is 35.8 Å². The molecule has 0 spiro atoms. The quantitative estimate of drug-likeness (QED) is 0.330. The van der Waals surface area contributed by atoms with Crippen LogP contribution in [0.2, 0.25) is 0 Å². The van der Waals surface area contributed by atoms with Crippen LogP contribution in [0.15, 0.2) is 79.6 Å². The molecule has 0 radical (unpaired) electrons. The van der Waals surface area contributed by atoms with Crippen LogP contribution in [-0.2, 0) is 0 Å². The summed E-state index contributed by atoms with van der Waals surface area (Å²) in [4.78, 5) is 31.1. The van der Waals surface area contributed by atoms with Crippen molar-refractivity contribution in [3.8, 4) is 11.5 Å². The van der Waals surface area contributed by atoms with Crippen LogP contribution in [0, 0.1) is 5.41 Å². The zero-order valence-corrected chi connectivity index (χ0v) is 20.0. The molecule has 1 aliphatic heterocycles. The van der Waals surface area contributed by atoms with Gasteiger partial charge in [-0.15, -0.1) is 0 Å². The Hall–Kier alpha value is -4.86. The maximum absolute atomic E-state index is 12.9. The molecule has 10 nitrogen and oxygen atoms in total. The number of anilines is 2. The largest absolute Gasteiger partial charge is 0.457 e. The zero-order valence-electron chi connectivity index (χ0n) is 20.0. The Bertz CT molecular complexity index is 1380. The van der Waals surface area contributed by atoms with E-state index in [1.54, 1.807) is 17.0 Å². The van der Waals surface area contributed by atoms with E-state index in [1.807, 2.05) is 42.5 Å². The first-order valence-electron chi connectivity index (χ1n) is 11.9. The van der Waals surface area contributed by atoms with E-state index < -0.39 is 0 Å². The number of benzene rings is 2. The van der Waals surface area contributed by atoms with Crippen LogP contribution in [0.5, 0.6) is 11.5 Å². The lowest BCUT2D eigenvalue weighted by molar-refractivity contribution is 0.0714. The number of nitrogens with one attached hydrogen (secondary N) is 2. The number of carbonyl (C=O) groups is 1. The molecule has 1 unspecified atom stereocenters. The number of rotatable bonds is 7. The third-order valence-electron chi connectivity index (χ3n) is 6.11. The highest BCUT2D eigenvalue weighted by molar-refractivity contribution is 6.16. The number of hydrogen-bond acceptors (Lipinski definition) is 9. The molecule has 0 saturated carbocycles. The smallest absolute Gasteiger partial charge is 0.257 e. The van der Waals surface area contributed by atoms with E-state index in [9.17, 15) is 4.79 Å². The molecule has 4 aromatic rings. The van der Waals surface area contributed by atoms with Crippen molar-refractivity contribution < 1.29 is 9.53 Å². The summed E-state index contributed by atoms with van der Waals surface area (Å²) < 4.78 is 5.86. The molecular formula is C27H26N8O2. The topological polar surface area (TPSA) is 143 Å². The molecule has 2 aromatic heterocycles. The number of amides is 1. The molecule has 0 bridgehead atoms. The van der Waals surface area contributed by atoms with Gasteiger partial charge in [0.05, 0.1) is 16.8 Å². The number of ether oxygens (including phenoxy) is 1. The fraction of sp³-hybridized carbons (Fsp3) is 0.185. The first-order valence-corrected chi connectivity index (χ1v) is 11.9. The molecule has 1 amide bonds. The Kier molecular flexibility index (Phi) is 6.98. The minimum Gasteiger partial charge on any atom is -0.457 e. The van der Waals surface area contributed by atoms with E-state index in [-0.39, 0.29) is 23.5 Å². The summed E-state index contributed by atoms with van der Waals surface area (Å²) in [5.41, 5.74) is 7.92. The van der Waals surface area contributed by atoms with Crippen molar-refractivity contribution in [2.45, 2.75) is 18.9 Å². The summed E-state index contributed by atoms with van der Waals surface area (Å²) in [6, 6.07) is 16.7. The summed E-state index contributed by atoms with van der Waals surface area (Å²) in [5.74, 6) is 1.95. The summed E-state index contributed by atoms with van der Waals surface area (Å²) >= 11 is 0. The van der Waals surface area contributed by atoms with Crippen molar-refractivity contribution in [2.24, 2.45) is 0 Å². The molecule has 10 heteroatoms. The number of nitrogens with two attached hydrogens (primary N) is 1. The summed E-state index contributed by atoms with van der Waals surface area (Å²) in [6.45, 7) is 1.13. The highest BCUT2D eigenvalue weighted by Crippen LogP contribution is 2.26. The second-order valence-corrected chi connectivity index (χ2v) is 8.66. The number of nitrogen functional groups attached to an aromatic ring is 1. The minimum absolute atomic E-state index is 0.0650. The molecule has 186 valence electrons. The normalized spacial score (nSPS) is 15.1. The number of piperidine rings is 1. The molecule has 2 aromatic carbocycles. The van der Waals surface area contributed by atoms with Gasteiger partial charge in [0.15, 0.2) is 0 Å². The van der Waals surface area contributed by atoms with E-state index in [1.165, 1.54) is 25.0 Å². The molecular weight excluding hydrogens is 468 g/mol. The molecule has 3 heterocycles. The monoisotopic (exact) mass is 494 g/mol. The highest BCUT2D eigenvalue weighted by atomic mass is 16.5. The number of hydrogen-bond donors (Lipinski definition) is 3. The van der Waals surface area contributed by atoms with Gasteiger partial charge in [-0.3, -0.25) is 10.2 Å². The van der Waals surface area contributed by atoms with E-state index in [0.717, 1.165) is 18.6 Å². The van der Waals surface area contributed by atoms with Crippen LogP contribution < -0.4 is 15.8 Å². The van der Waals surface area contributed by atoms with Crippen LogP contribution in [-0.4, -0.2) is 55.6 Å². The van der Waals surface area contributed by atoms with Gasteiger partial charge in [-0.2, -0.15) is 0 Å². The Labute approximate surface area is 214 Å². The zero-order chi connectivity index (χ0) is 25.6. The molecule has 37 heavy (non-hydrogen) atoms. The second kappa shape index (κ2) is 10.8. The van der Waals surface area contributed by atoms with Crippen molar-refractivity contribution in [3.05, 3.63) is 96.3 Å². The molecule has 1 saturated heterocycles. The lowest BCUT2D eigenvalue weighted by Crippen LogP contribution is -2.45. The number of para-hydroxylation sites is 1. The minimum atomic E-state index is -0.111. The predicted molar refractivity (Wildman–Crippen MR) is 140 cm³/mol. The molecule has 4 N–H and O–H groups in total. The number of likely N-dealkylation sites (tertiary alicyclic amines) is 1. The Morgan fingerprint density at radius 1 is 0.973 bits per heavy atom. The molecule has 1 fully saturated rings. The van der Waals surface area contributed by atoms with Gasteiger partial charge >= 0.3 is 0 Å². The number of nitrogens with zero attached hydrogens (tertiary/aromatic N) is 5. The van der Waals surface area contributed by atoms with Crippen molar-refractivity contribution in [2.75, 3.05) is 24.1 Å². The maximum Gasteiger partial charge on any atom is 0.257 e. The Morgan fingerprint density at radius 2 is 1.70 bits per heavy atom. The van der Waals surface area contributed by atoms with Gasteiger partial charge in [-0.25, -0.2) is 19.9 Å². The fourth-order valence-corrected chi connectivity index (χ4v) is 4.28.